The lowest BCUT2D eigenvalue weighted by Gasteiger charge is -1.99. The monoisotopic (exact) mass is 249 g/mol. The van der Waals surface area contributed by atoms with Gasteiger partial charge in [0.2, 0.25) is 5.13 Å². The lowest BCUT2D eigenvalue weighted by atomic mass is 10.2. The minimum Gasteiger partial charge on any atom is -0.296 e. The molecule has 0 saturated carbocycles. The van der Waals surface area contributed by atoms with E-state index in [4.69, 9.17) is 0 Å². The lowest BCUT2D eigenvalue weighted by Crippen LogP contribution is -2.12. The van der Waals surface area contributed by atoms with E-state index in [2.05, 4.69) is 25.5 Å². The molecule has 6 nitrogen and oxygen atoms in total. The number of aromatic nitrogens is 4. The molecule has 0 aliphatic rings. The number of nitrogens with one attached hydrogen (secondary N) is 1. The van der Waals surface area contributed by atoms with Gasteiger partial charge >= 0.3 is 0 Å². The van der Waals surface area contributed by atoms with E-state index in [0.717, 1.165) is 5.01 Å². The molecule has 1 N–H and O–H groups in total. The summed E-state index contributed by atoms with van der Waals surface area (Å²) in [5.74, 6) is 0.0234. The molecule has 0 aliphatic carbocycles. The fourth-order valence-corrected chi connectivity index (χ4v) is 1.84. The third-order valence-corrected chi connectivity index (χ3v) is 3.12. The van der Waals surface area contributed by atoms with Crippen LogP contribution in [0.4, 0.5) is 5.13 Å². The number of anilines is 1. The van der Waals surface area contributed by atoms with Crippen molar-refractivity contribution in [1.29, 1.82) is 0 Å². The molecule has 1 amide bonds. The molecule has 2 aromatic rings. The van der Waals surface area contributed by atoms with E-state index in [9.17, 15) is 4.79 Å². The quantitative estimate of drug-likeness (QED) is 0.895. The average molecular weight is 249 g/mol. The molecule has 0 radical (unpaired) electrons. The van der Waals surface area contributed by atoms with Gasteiger partial charge in [-0.3, -0.25) is 10.1 Å². The highest BCUT2D eigenvalue weighted by Crippen LogP contribution is 2.22. The Labute approximate surface area is 102 Å². The summed E-state index contributed by atoms with van der Waals surface area (Å²) in [6, 6.07) is 0. The molecular weight excluding hydrogens is 238 g/mol. The first-order valence-corrected chi connectivity index (χ1v) is 5.88. The van der Waals surface area contributed by atoms with Crippen LogP contribution in [0, 0.1) is 0 Å². The van der Waals surface area contributed by atoms with Crippen LogP contribution in [0.5, 0.6) is 0 Å². The van der Waals surface area contributed by atoms with Crippen LogP contribution in [-0.4, -0.2) is 26.1 Å². The molecule has 0 aliphatic heterocycles. The van der Waals surface area contributed by atoms with Crippen molar-refractivity contribution in [1.82, 2.24) is 20.2 Å². The molecule has 2 aromatic heterocycles. The van der Waals surface area contributed by atoms with E-state index < -0.39 is 0 Å². The predicted octanol–water partition coefficient (Wildman–Crippen LogP) is 1.70. The number of hydrogen-bond donors (Lipinski definition) is 1. The van der Waals surface area contributed by atoms with Crippen molar-refractivity contribution >= 4 is 22.4 Å². The third-order valence-electron chi connectivity index (χ3n) is 1.98. The molecule has 0 bridgehead atoms. The Morgan fingerprint density at radius 2 is 2.00 bits per heavy atom. The van der Waals surface area contributed by atoms with Crippen molar-refractivity contribution in [3.63, 3.8) is 0 Å². The zero-order valence-corrected chi connectivity index (χ0v) is 10.2. The SMILES string of the molecule is CC(C)c1nnc(NC(=O)c2cncnc2)s1. The number of hydrogen-bond acceptors (Lipinski definition) is 6. The van der Waals surface area contributed by atoms with Crippen molar-refractivity contribution < 1.29 is 4.79 Å². The van der Waals surface area contributed by atoms with Crippen molar-refractivity contribution in [2.75, 3.05) is 5.32 Å². The smallest absolute Gasteiger partial charge is 0.260 e. The van der Waals surface area contributed by atoms with Crippen molar-refractivity contribution in [2.45, 2.75) is 19.8 Å². The molecule has 0 atom stereocenters. The standard InChI is InChI=1S/C10H11N5OS/c1-6(2)9-14-15-10(17-9)13-8(16)7-3-11-5-12-4-7/h3-6H,1-2H3,(H,13,15,16). The molecule has 2 rings (SSSR count). The van der Waals surface area contributed by atoms with Crippen molar-refractivity contribution in [3.05, 3.63) is 29.3 Å². The van der Waals surface area contributed by atoms with Gasteiger partial charge < -0.3 is 0 Å². The zero-order valence-electron chi connectivity index (χ0n) is 9.41. The van der Waals surface area contributed by atoms with E-state index in [1.165, 1.54) is 30.1 Å². The second-order valence-corrected chi connectivity index (χ2v) is 4.69. The number of rotatable bonds is 3. The zero-order chi connectivity index (χ0) is 12.3. The largest absolute Gasteiger partial charge is 0.296 e. The molecular formula is C10H11N5OS. The summed E-state index contributed by atoms with van der Waals surface area (Å²) in [5, 5.41) is 11.9. The van der Waals surface area contributed by atoms with E-state index in [1.54, 1.807) is 0 Å². The Kier molecular flexibility index (Phi) is 3.38. The Hall–Kier alpha value is -1.89. The van der Waals surface area contributed by atoms with Gasteiger partial charge in [0, 0.05) is 18.3 Å². The van der Waals surface area contributed by atoms with Crippen LogP contribution in [0.1, 0.15) is 35.1 Å². The van der Waals surface area contributed by atoms with Gasteiger partial charge in [-0.15, -0.1) is 10.2 Å². The van der Waals surface area contributed by atoms with E-state index in [-0.39, 0.29) is 5.91 Å². The summed E-state index contributed by atoms with van der Waals surface area (Å²) in [6.07, 6.45) is 4.28. The maximum absolute atomic E-state index is 11.7. The highest BCUT2D eigenvalue weighted by Gasteiger charge is 2.11. The first kappa shape index (κ1) is 11.6. The first-order chi connectivity index (χ1) is 8.16. The van der Waals surface area contributed by atoms with Gasteiger partial charge in [0.25, 0.3) is 5.91 Å². The van der Waals surface area contributed by atoms with Crippen molar-refractivity contribution in [3.8, 4) is 0 Å². The highest BCUT2D eigenvalue weighted by molar-refractivity contribution is 7.15. The summed E-state index contributed by atoms with van der Waals surface area (Å²) in [6.45, 7) is 4.05. The van der Waals surface area contributed by atoms with Crippen molar-refractivity contribution in [2.24, 2.45) is 0 Å². The van der Waals surface area contributed by atoms with E-state index in [0.29, 0.717) is 16.6 Å². The highest BCUT2D eigenvalue weighted by atomic mass is 32.1. The second-order valence-electron chi connectivity index (χ2n) is 3.68. The Bertz CT molecular complexity index is 510. The molecule has 7 heteroatoms. The minimum absolute atomic E-state index is 0.281. The number of amides is 1. The summed E-state index contributed by atoms with van der Waals surface area (Å²) < 4.78 is 0. The second kappa shape index (κ2) is 4.96. The van der Waals surface area contributed by atoms with Gasteiger partial charge in [-0.1, -0.05) is 25.2 Å². The number of nitrogens with zero attached hydrogens (tertiary/aromatic N) is 4. The fraction of sp³-hybridized carbons (Fsp3) is 0.300. The molecule has 0 saturated heterocycles. The average Bonchev–Trinajstić information content (AvgIpc) is 2.79. The summed E-state index contributed by atoms with van der Waals surface area (Å²) >= 11 is 1.37. The van der Waals surface area contributed by atoms with E-state index in [1.807, 2.05) is 13.8 Å². The Morgan fingerprint density at radius 1 is 1.29 bits per heavy atom. The van der Waals surface area contributed by atoms with Crippen LogP contribution < -0.4 is 5.32 Å². The Morgan fingerprint density at radius 3 is 2.59 bits per heavy atom. The summed E-state index contributed by atoms with van der Waals surface area (Å²) in [5.41, 5.74) is 0.397. The molecule has 0 aromatic carbocycles. The van der Waals surface area contributed by atoms with E-state index >= 15 is 0 Å². The molecule has 2 heterocycles. The molecule has 17 heavy (non-hydrogen) atoms. The minimum atomic E-state index is -0.281. The van der Waals surface area contributed by atoms with Gasteiger partial charge in [0.15, 0.2) is 0 Å². The van der Waals surface area contributed by atoms with Crippen LogP contribution in [0.25, 0.3) is 0 Å². The number of carbonyl (C=O) groups excluding carboxylic acids is 1. The fourth-order valence-electron chi connectivity index (χ4n) is 1.10. The summed E-state index contributed by atoms with van der Waals surface area (Å²) in [4.78, 5) is 19.3. The number of carbonyl (C=O) groups is 1. The normalized spacial score (nSPS) is 10.5. The predicted molar refractivity (Wildman–Crippen MR) is 64.0 cm³/mol. The van der Waals surface area contributed by atoms with Gasteiger partial charge in [-0.05, 0) is 0 Å². The maximum atomic E-state index is 11.7. The van der Waals surface area contributed by atoms with Gasteiger partial charge in [0.1, 0.15) is 11.3 Å². The van der Waals surface area contributed by atoms with Crippen LogP contribution in [0.3, 0.4) is 0 Å². The summed E-state index contributed by atoms with van der Waals surface area (Å²) in [7, 11) is 0. The van der Waals surface area contributed by atoms with Crippen LogP contribution in [-0.2, 0) is 0 Å². The molecule has 0 spiro atoms. The molecule has 0 fully saturated rings. The van der Waals surface area contributed by atoms with Gasteiger partial charge in [-0.25, -0.2) is 9.97 Å². The molecule has 0 unspecified atom stereocenters. The maximum Gasteiger partial charge on any atom is 0.260 e. The van der Waals surface area contributed by atoms with Crippen LogP contribution in [0.15, 0.2) is 18.7 Å². The lowest BCUT2D eigenvalue weighted by molar-refractivity contribution is 0.102. The van der Waals surface area contributed by atoms with Crippen LogP contribution in [0.2, 0.25) is 0 Å². The molecule has 88 valence electrons. The van der Waals surface area contributed by atoms with Crippen LogP contribution >= 0.6 is 11.3 Å². The Balaban J connectivity index is 2.08. The van der Waals surface area contributed by atoms with Gasteiger partial charge in [-0.2, -0.15) is 0 Å². The third kappa shape index (κ3) is 2.82. The topological polar surface area (TPSA) is 80.7 Å². The first-order valence-electron chi connectivity index (χ1n) is 5.06. The van der Waals surface area contributed by atoms with Gasteiger partial charge in [0.05, 0.1) is 5.56 Å².